The van der Waals surface area contributed by atoms with Crippen molar-refractivity contribution in [2.24, 2.45) is 0 Å². The molecule has 1 N–H and O–H groups in total. The fourth-order valence-corrected chi connectivity index (χ4v) is 3.41. The van der Waals surface area contributed by atoms with Crippen LogP contribution in [0.15, 0.2) is 12.1 Å². The van der Waals surface area contributed by atoms with Crippen LogP contribution in [0.5, 0.6) is 0 Å². The number of thiazole rings is 1. The van der Waals surface area contributed by atoms with Gasteiger partial charge in [-0.1, -0.05) is 11.6 Å². The van der Waals surface area contributed by atoms with Gasteiger partial charge in [-0.15, -0.1) is 22.7 Å². The second kappa shape index (κ2) is 4.61. The van der Waals surface area contributed by atoms with Crippen molar-refractivity contribution in [1.29, 1.82) is 0 Å². The van der Waals surface area contributed by atoms with Crippen LogP contribution in [0.1, 0.15) is 9.88 Å². The number of nitrogens with zero attached hydrogens (tertiary/aromatic N) is 1. The fraction of sp³-hybridized carbons (Fsp3) is 0.300. The Kier molecular flexibility index (Phi) is 3.41. The summed E-state index contributed by atoms with van der Waals surface area (Å²) >= 11 is 9.05. The van der Waals surface area contributed by atoms with Gasteiger partial charge in [0.05, 0.1) is 19.9 Å². The molecule has 15 heavy (non-hydrogen) atoms. The van der Waals surface area contributed by atoms with E-state index in [0.29, 0.717) is 6.42 Å². The molecule has 0 bridgehead atoms. The number of aryl methyl sites for hydroxylation is 1. The van der Waals surface area contributed by atoms with Gasteiger partial charge in [0, 0.05) is 17.9 Å². The molecule has 2 nitrogen and oxygen atoms in total. The lowest BCUT2D eigenvalue weighted by Gasteiger charge is -1.91. The lowest BCUT2D eigenvalue weighted by molar-refractivity contribution is 0.299. The highest BCUT2D eigenvalue weighted by Gasteiger charge is 2.11. The summed E-state index contributed by atoms with van der Waals surface area (Å²) < 4.78 is 0.779. The Hall–Kier alpha value is -0.420. The van der Waals surface area contributed by atoms with Gasteiger partial charge in [-0.25, -0.2) is 4.98 Å². The minimum absolute atomic E-state index is 0.150. The number of hydrogen-bond acceptors (Lipinski definition) is 4. The molecule has 80 valence electrons. The van der Waals surface area contributed by atoms with Crippen LogP contribution >= 0.6 is 34.3 Å². The Morgan fingerprint density at radius 2 is 2.20 bits per heavy atom. The molecule has 0 fully saturated rings. The third kappa shape index (κ3) is 2.39. The van der Waals surface area contributed by atoms with Crippen molar-refractivity contribution < 1.29 is 5.11 Å². The second-order valence-electron chi connectivity index (χ2n) is 3.09. The predicted octanol–water partition coefficient (Wildman–Crippen LogP) is 3.37. The minimum Gasteiger partial charge on any atom is -0.396 e. The van der Waals surface area contributed by atoms with Crippen LogP contribution in [0, 0.1) is 6.92 Å². The van der Waals surface area contributed by atoms with E-state index in [2.05, 4.69) is 4.98 Å². The number of aliphatic hydroxyl groups is 1. The fourth-order valence-electron chi connectivity index (χ4n) is 1.32. The maximum Gasteiger partial charge on any atom is 0.0958 e. The Bertz CT molecular complexity index is 464. The van der Waals surface area contributed by atoms with Crippen LogP contribution in [0.3, 0.4) is 0 Å². The SMILES string of the molecule is Cc1sc(CCO)nc1-c1ccc(Cl)s1. The van der Waals surface area contributed by atoms with Gasteiger partial charge in [0.1, 0.15) is 0 Å². The summed E-state index contributed by atoms with van der Waals surface area (Å²) in [5.41, 5.74) is 1.00. The van der Waals surface area contributed by atoms with E-state index >= 15 is 0 Å². The van der Waals surface area contributed by atoms with Crippen LogP contribution in [0.25, 0.3) is 10.6 Å². The van der Waals surface area contributed by atoms with E-state index in [4.69, 9.17) is 16.7 Å². The van der Waals surface area contributed by atoms with Gasteiger partial charge < -0.3 is 5.11 Å². The third-order valence-corrected chi connectivity index (χ3v) is 4.24. The maximum atomic E-state index is 8.84. The molecule has 0 saturated carbocycles. The molecule has 0 radical (unpaired) electrons. The van der Waals surface area contributed by atoms with Crippen molar-refractivity contribution in [3.05, 3.63) is 26.4 Å². The van der Waals surface area contributed by atoms with E-state index in [9.17, 15) is 0 Å². The van der Waals surface area contributed by atoms with E-state index in [-0.39, 0.29) is 6.61 Å². The maximum absolute atomic E-state index is 8.84. The first-order valence-electron chi connectivity index (χ1n) is 4.53. The number of hydrogen-bond donors (Lipinski definition) is 1. The smallest absolute Gasteiger partial charge is 0.0958 e. The average molecular weight is 260 g/mol. The average Bonchev–Trinajstić information content (AvgIpc) is 2.73. The van der Waals surface area contributed by atoms with Gasteiger partial charge in [-0.3, -0.25) is 0 Å². The van der Waals surface area contributed by atoms with Gasteiger partial charge in [-0.05, 0) is 19.1 Å². The van der Waals surface area contributed by atoms with E-state index in [1.54, 1.807) is 11.3 Å². The Morgan fingerprint density at radius 1 is 1.40 bits per heavy atom. The number of aliphatic hydroxyl groups excluding tert-OH is 1. The molecule has 0 unspecified atom stereocenters. The normalized spacial score (nSPS) is 10.9. The molecule has 0 aromatic carbocycles. The number of rotatable bonds is 3. The van der Waals surface area contributed by atoms with E-state index < -0.39 is 0 Å². The highest BCUT2D eigenvalue weighted by molar-refractivity contribution is 7.19. The summed E-state index contributed by atoms with van der Waals surface area (Å²) in [6, 6.07) is 3.86. The van der Waals surface area contributed by atoms with Crippen LogP contribution in [-0.2, 0) is 6.42 Å². The first-order valence-corrected chi connectivity index (χ1v) is 6.54. The zero-order valence-corrected chi connectivity index (χ0v) is 10.5. The molecule has 0 atom stereocenters. The molecular formula is C10H10ClNOS2. The zero-order chi connectivity index (χ0) is 10.8. The van der Waals surface area contributed by atoms with E-state index in [0.717, 1.165) is 19.9 Å². The van der Waals surface area contributed by atoms with Gasteiger partial charge in [0.2, 0.25) is 0 Å². The van der Waals surface area contributed by atoms with Crippen molar-refractivity contribution >= 4 is 34.3 Å². The standard InChI is InChI=1S/C10H10ClNOS2/c1-6-10(7-2-3-8(11)15-7)12-9(14-6)4-5-13/h2-3,13H,4-5H2,1H3. The number of aromatic nitrogens is 1. The van der Waals surface area contributed by atoms with Gasteiger partial charge >= 0.3 is 0 Å². The monoisotopic (exact) mass is 259 g/mol. The van der Waals surface area contributed by atoms with E-state index in [1.165, 1.54) is 16.2 Å². The van der Waals surface area contributed by atoms with Crippen molar-refractivity contribution in [2.45, 2.75) is 13.3 Å². The van der Waals surface area contributed by atoms with Gasteiger partial charge in [0.25, 0.3) is 0 Å². The Labute approximate surface area is 101 Å². The molecule has 2 aromatic rings. The lowest BCUT2D eigenvalue weighted by Crippen LogP contribution is -1.88. The van der Waals surface area contributed by atoms with E-state index in [1.807, 2.05) is 19.1 Å². The molecule has 0 amide bonds. The third-order valence-electron chi connectivity index (χ3n) is 1.97. The molecule has 5 heteroatoms. The van der Waals surface area contributed by atoms with Crippen LogP contribution in [0.2, 0.25) is 4.34 Å². The van der Waals surface area contributed by atoms with Crippen LogP contribution in [-0.4, -0.2) is 16.7 Å². The lowest BCUT2D eigenvalue weighted by atomic mass is 10.3. The van der Waals surface area contributed by atoms with Crippen molar-refractivity contribution in [3.8, 4) is 10.6 Å². The Balaban J connectivity index is 2.35. The zero-order valence-electron chi connectivity index (χ0n) is 8.16. The van der Waals surface area contributed by atoms with Gasteiger partial charge in [0.15, 0.2) is 0 Å². The molecule has 0 aliphatic heterocycles. The molecule has 0 saturated heterocycles. The summed E-state index contributed by atoms with van der Waals surface area (Å²) in [5, 5.41) is 9.82. The highest BCUT2D eigenvalue weighted by atomic mass is 35.5. The van der Waals surface area contributed by atoms with Crippen LogP contribution < -0.4 is 0 Å². The first kappa shape index (κ1) is 11.1. The molecule has 2 heterocycles. The van der Waals surface area contributed by atoms with Crippen molar-refractivity contribution in [3.63, 3.8) is 0 Å². The summed E-state index contributed by atoms with van der Waals surface area (Å²) in [6.07, 6.45) is 0.630. The number of halogens is 1. The first-order chi connectivity index (χ1) is 7.20. The summed E-state index contributed by atoms with van der Waals surface area (Å²) in [5.74, 6) is 0. The van der Waals surface area contributed by atoms with Crippen LogP contribution in [0.4, 0.5) is 0 Å². The van der Waals surface area contributed by atoms with Crippen molar-refractivity contribution in [1.82, 2.24) is 4.98 Å². The highest BCUT2D eigenvalue weighted by Crippen LogP contribution is 2.34. The predicted molar refractivity (Wildman–Crippen MR) is 66.0 cm³/mol. The van der Waals surface area contributed by atoms with Gasteiger partial charge in [-0.2, -0.15) is 0 Å². The molecule has 2 rings (SSSR count). The molecule has 0 spiro atoms. The molecule has 2 aromatic heterocycles. The topological polar surface area (TPSA) is 33.1 Å². The quantitative estimate of drug-likeness (QED) is 0.917. The molecule has 0 aliphatic carbocycles. The number of thiophene rings is 1. The van der Waals surface area contributed by atoms with Crippen molar-refractivity contribution in [2.75, 3.05) is 6.61 Å². The molecule has 0 aliphatic rings. The summed E-state index contributed by atoms with van der Waals surface area (Å²) in [7, 11) is 0. The minimum atomic E-state index is 0.150. The summed E-state index contributed by atoms with van der Waals surface area (Å²) in [6.45, 7) is 2.19. The Morgan fingerprint density at radius 3 is 2.80 bits per heavy atom. The second-order valence-corrected chi connectivity index (χ2v) is 6.09. The largest absolute Gasteiger partial charge is 0.396 e. The molecular weight excluding hydrogens is 250 g/mol. The summed E-state index contributed by atoms with van der Waals surface area (Å²) in [4.78, 5) is 6.77.